The molecule has 150 valence electrons. The number of nitrogens with one attached hydrogen (secondary N) is 1. The summed E-state index contributed by atoms with van der Waals surface area (Å²) >= 11 is 5.80. The molecule has 0 spiro atoms. The van der Waals surface area contributed by atoms with Gasteiger partial charge in [-0.1, -0.05) is 29.3 Å². The number of nitrogens with zero attached hydrogens (tertiary/aromatic N) is 1. The first-order valence-corrected chi connectivity index (χ1v) is 11.3. The Hall–Kier alpha value is -1.89. The van der Waals surface area contributed by atoms with Gasteiger partial charge in [0.05, 0.1) is 4.90 Å². The Kier molecular flexibility index (Phi) is 6.75. The molecule has 0 unspecified atom stereocenters. The number of likely N-dealkylation sites (tertiary alicyclic amines) is 1. The van der Waals surface area contributed by atoms with Crippen LogP contribution in [0.4, 0.5) is 0 Å². The van der Waals surface area contributed by atoms with Crippen molar-refractivity contribution in [3.05, 3.63) is 64.7 Å². The zero-order valence-corrected chi connectivity index (χ0v) is 17.5. The standard InChI is InChI=1S/C21H25ClN2O3S/c1-16-2-4-18(5-3-16)21(25)24-14-11-17(12-15-24)10-13-23-28(26,27)20-8-6-19(22)7-9-20/h2-9,17,23H,10-15H2,1H3. The molecule has 0 bridgehead atoms. The van der Waals surface area contributed by atoms with Gasteiger partial charge in [-0.25, -0.2) is 13.1 Å². The number of carbonyl (C=O) groups is 1. The maximum absolute atomic E-state index is 12.6. The second kappa shape index (κ2) is 9.07. The van der Waals surface area contributed by atoms with E-state index in [-0.39, 0.29) is 10.8 Å². The number of hydrogen-bond acceptors (Lipinski definition) is 3. The second-order valence-corrected chi connectivity index (χ2v) is 9.45. The van der Waals surface area contributed by atoms with E-state index in [1.807, 2.05) is 36.1 Å². The molecule has 2 aromatic rings. The highest BCUT2D eigenvalue weighted by Crippen LogP contribution is 2.22. The summed E-state index contributed by atoms with van der Waals surface area (Å²) in [6.45, 7) is 3.81. The molecule has 3 rings (SSSR count). The summed E-state index contributed by atoms with van der Waals surface area (Å²) in [5.74, 6) is 0.483. The van der Waals surface area contributed by atoms with E-state index in [9.17, 15) is 13.2 Å². The number of aryl methyl sites for hydroxylation is 1. The average Bonchev–Trinajstić information content (AvgIpc) is 2.69. The van der Waals surface area contributed by atoms with Crippen LogP contribution in [0.3, 0.4) is 0 Å². The summed E-state index contributed by atoms with van der Waals surface area (Å²) in [7, 11) is -3.51. The fraction of sp³-hybridized carbons (Fsp3) is 0.381. The van der Waals surface area contributed by atoms with Crippen LogP contribution in [-0.2, 0) is 10.0 Å². The zero-order chi connectivity index (χ0) is 20.1. The fourth-order valence-electron chi connectivity index (χ4n) is 3.40. The van der Waals surface area contributed by atoms with Gasteiger partial charge in [0.25, 0.3) is 5.91 Å². The smallest absolute Gasteiger partial charge is 0.253 e. The number of carbonyl (C=O) groups excluding carboxylic acids is 1. The van der Waals surface area contributed by atoms with Gasteiger partial charge in [0.15, 0.2) is 0 Å². The predicted molar refractivity (Wildman–Crippen MR) is 111 cm³/mol. The molecule has 1 aliphatic heterocycles. The third-order valence-electron chi connectivity index (χ3n) is 5.17. The van der Waals surface area contributed by atoms with Crippen LogP contribution in [0.1, 0.15) is 35.2 Å². The maximum atomic E-state index is 12.6. The van der Waals surface area contributed by atoms with E-state index in [1.165, 1.54) is 12.1 Å². The molecule has 1 fully saturated rings. The van der Waals surface area contributed by atoms with Crippen molar-refractivity contribution in [3.8, 4) is 0 Å². The number of amides is 1. The van der Waals surface area contributed by atoms with Crippen LogP contribution in [-0.4, -0.2) is 38.9 Å². The van der Waals surface area contributed by atoms with E-state index in [1.54, 1.807) is 12.1 Å². The van der Waals surface area contributed by atoms with Crippen LogP contribution < -0.4 is 4.72 Å². The number of sulfonamides is 1. The molecular formula is C21H25ClN2O3S. The van der Waals surface area contributed by atoms with Crippen molar-refractivity contribution in [1.82, 2.24) is 9.62 Å². The molecule has 7 heteroatoms. The minimum absolute atomic E-state index is 0.0712. The number of rotatable bonds is 6. The number of piperidine rings is 1. The highest BCUT2D eigenvalue weighted by molar-refractivity contribution is 7.89. The number of hydrogen-bond donors (Lipinski definition) is 1. The fourth-order valence-corrected chi connectivity index (χ4v) is 4.57. The molecule has 0 saturated carbocycles. The molecule has 1 N–H and O–H groups in total. The molecule has 0 radical (unpaired) electrons. The Morgan fingerprint density at radius 2 is 1.68 bits per heavy atom. The first-order chi connectivity index (χ1) is 13.3. The van der Waals surface area contributed by atoms with E-state index >= 15 is 0 Å². The summed E-state index contributed by atoms with van der Waals surface area (Å²) in [5.41, 5.74) is 1.86. The zero-order valence-electron chi connectivity index (χ0n) is 15.9. The van der Waals surface area contributed by atoms with E-state index < -0.39 is 10.0 Å². The van der Waals surface area contributed by atoms with Crippen molar-refractivity contribution < 1.29 is 13.2 Å². The lowest BCUT2D eigenvalue weighted by atomic mass is 9.93. The summed E-state index contributed by atoms with van der Waals surface area (Å²) in [6, 6.07) is 13.8. The first kappa shape index (κ1) is 20.8. The van der Waals surface area contributed by atoms with Crippen molar-refractivity contribution in [2.75, 3.05) is 19.6 Å². The normalized spacial score (nSPS) is 15.6. The van der Waals surface area contributed by atoms with Crippen LogP contribution >= 0.6 is 11.6 Å². The van der Waals surface area contributed by atoms with Crippen molar-refractivity contribution in [3.63, 3.8) is 0 Å². The van der Waals surface area contributed by atoms with Crippen molar-refractivity contribution >= 4 is 27.5 Å². The van der Waals surface area contributed by atoms with Crippen molar-refractivity contribution in [2.45, 2.75) is 31.1 Å². The van der Waals surface area contributed by atoms with E-state index in [4.69, 9.17) is 11.6 Å². The third kappa shape index (κ3) is 5.34. The molecule has 28 heavy (non-hydrogen) atoms. The van der Waals surface area contributed by atoms with Gasteiger partial charge in [-0.15, -0.1) is 0 Å². The van der Waals surface area contributed by atoms with Gasteiger partial charge >= 0.3 is 0 Å². The monoisotopic (exact) mass is 420 g/mol. The van der Waals surface area contributed by atoms with Crippen molar-refractivity contribution in [2.24, 2.45) is 5.92 Å². The predicted octanol–water partition coefficient (Wildman–Crippen LogP) is 3.87. The largest absolute Gasteiger partial charge is 0.339 e. The second-order valence-electron chi connectivity index (χ2n) is 7.24. The Bertz CT molecular complexity index is 904. The Morgan fingerprint density at radius 3 is 2.29 bits per heavy atom. The number of halogens is 1. The minimum atomic E-state index is -3.51. The Morgan fingerprint density at radius 1 is 1.07 bits per heavy atom. The Labute approximate surface area is 171 Å². The molecule has 2 aromatic carbocycles. The molecule has 0 aliphatic carbocycles. The third-order valence-corrected chi connectivity index (χ3v) is 6.90. The lowest BCUT2D eigenvalue weighted by molar-refractivity contribution is 0.0687. The molecule has 0 atom stereocenters. The first-order valence-electron chi connectivity index (χ1n) is 9.46. The minimum Gasteiger partial charge on any atom is -0.339 e. The molecule has 1 heterocycles. The Balaban J connectivity index is 1.45. The molecule has 1 saturated heterocycles. The summed E-state index contributed by atoms with van der Waals surface area (Å²) in [5, 5.41) is 0.505. The SMILES string of the molecule is Cc1ccc(C(=O)N2CCC(CCNS(=O)(=O)c3ccc(Cl)cc3)CC2)cc1. The van der Waals surface area contributed by atoms with Gasteiger partial charge in [0.1, 0.15) is 0 Å². The van der Waals surface area contributed by atoms with E-state index in [2.05, 4.69) is 4.72 Å². The van der Waals surface area contributed by atoms with Gasteiger partial charge in [-0.2, -0.15) is 0 Å². The van der Waals surface area contributed by atoms with E-state index in [0.29, 0.717) is 30.6 Å². The summed E-state index contributed by atoms with van der Waals surface area (Å²) in [6.07, 6.45) is 2.54. The van der Waals surface area contributed by atoms with Crippen LogP contribution in [0.25, 0.3) is 0 Å². The highest BCUT2D eigenvalue weighted by Gasteiger charge is 2.24. The lowest BCUT2D eigenvalue weighted by Gasteiger charge is -2.32. The number of benzene rings is 2. The molecule has 0 aromatic heterocycles. The van der Waals surface area contributed by atoms with Gasteiger partial charge in [0, 0.05) is 30.2 Å². The average molecular weight is 421 g/mol. The van der Waals surface area contributed by atoms with Crippen LogP contribution in [0.5, 0.6) is 0 Å². The van der Waals surface area contributed by atoms with Crippen LogP contribution in [0, 0.1) is 12.8 Å². The van der Waals surface area contributed by atoms with Gasteiger partial charge < -0.3 is 4.90 Å². The molecular weight excluding hydrogens is 396 g/mol. The van der Waals surface area contributed by atoms with Crippen LogP contribution in [0.2, 0.25) is 5.02 Å². The van der Waals surface area contributed by atoms with E-state index in [0.717, 1.165) is 30.4 Å². The quantitative estimate of drug-likeness (QED) is 0.771. The van der Waals surface area contributed by atoms with Gasteiger partial charge in [-0.05, 0) is 68.5 Å². The van der Waals surface area contributed by atoms with Crippen LogP contribution in [0.15, 0.2) is 53.4 Å². The van der Waals surface area contributed by atoms with Gasteiger partial charge in [-0.3, -0.25) is 4.79 Å². The summed E-state index contributed by atoms with van der Waals surface area (Å²) < 4.78 is 27.3. The maximum Gasteiger partial charge on any atom is 0.253 e. The topological polar surface area (TPSA) is 66.5 Å². The lowest BCUT2D eigenvalue weighted by Crippen LogP contribution is -2.39. The molecule has 5 nitrogen and oxygen atoms in total. The van der Waals surface area contributed by atoms with Gasteiger partial charge in [0.2, 0.25) is 10.0 Å². The van der Waals surface area contributed by atoms with Crippen molar-refractivity contribution in [1.29, 1.82) is 0 Å². The molecule has 1 aliphatic rings. The summed E-state index contributed by atoms with van der Waals surface area (Å²) in [4.78, 5) is 14.7. The molecule has 1 amide bonds. The highest BCUT2D eigenvalue weighted by atomic mass is 35.5.